The lowest BCUT2D eigenvalue weighted by molar-refractivity contribution is -0.881. The minimum atomic E-state index is -0.0724. The van der Waals surface area contributed by atoms with Crippen molar-refractivity contribution >= 4 is 34.5 Å². The number of amides is 2. The number of rotatable bonds is 9. The maximum Gasteiger partial charge on any atom is 0.279 e. The third-order valence-corrected chi connectivity index (χ3v) is 5.86. The molecule has 1 fully saturated rings. The summed E-state index contributed by atoms with van der Waals surface area (Å²) < 4.78 is 0. The molecule has 1 saturated heterocycles. The molecule has 1 aromatic heterocycles. The van der Waals surface area contributed by atoms with Crippen LogP contribution in [-0.2, 0) is 16.1 Å². The average molecular weight is 402 g/mol. The summed E-state index contributed by atoms with van der Waals surface area (Å²) in [6.45, 7) is 6.03. The normalized spacial score (nSPS) is 14.7. The van der Waals surface area contributed by atoms with Crippen molar-refractivity contribution in [1.82, 2.24) is 5.32 Å². The number of nitrogens with one attached hydrogen (secondary N) is 3. The first-order chi connectivity index (χ1) is 13.6. The molecule has 0 bridgehead atoms. The van der Waals surface area contributed by atoms with Crippen LogP contribution in [0.3, 0.4) is 0 Å². The fraction of sp³-hybridized carbons (Fsp3) is 0.429. The minimum absolute atomic E-state index is 0.0342. The van der Waals surface area contributed by atoms with Crippen molar-refractivity contribution in [2.45, 2.75) is 26.3 Å². The van der Waals surface area contributed by atoms with E-state index in [2.05, 4.69) is 27.7 Å². The van der Waals surface area contributed by atoms with Gasteiger partial charge in [-0.15, -0.1) is 11.3 Å². The molecule has 28 heavy (non-hydrogen) atoms. The van der Waals surface area contributed by atoms with Crippen LogP contribution in [0, 0.1) is 0 Å². The van der Waals surface area contributed by atoms with Crippen molar-refractivity contribution in [3.8, 4) is 0 Å². The van der Waals surface area contributed by atoms with E-state index in [0.717, 1.165) is 28.6 Å². The highest BCUT2D eigenvalue weighted by atomic mass is 32.1. The summed E-state index contributed by atoms with van der Waals surface area (Å²) in [5.41, 5.74) is 2.00. The van der Waals surface area contributed by atoms with Gasteiger partial charge in [-0.05, 0) is 55.5 Å². The Morgan fingerprint density at radius 1 is 1.07 bits per heavy atom. The van der Waals surface area contributed by atoms with Crippen LogP contribution in [0.25, 0.3) is 0 Å². The number of thiophene rings is 1. The van der Waals surface area contributed by atoms with Crippen molar-refractivity contribution < 1.29 is 14.5 Å². The number of benzene rings is 1. The smallest absolute Gasteiger partial charge is 0.279 e. The summed E-state index contributed by atoms with van der Waals surface area (Å²) in [4.78, 5) is 29.0. The lowest BCUT2D eigenvalue weighted by Gasteiger charge is -2.18. The molecule has 2 amide bonds. The van der Waals surface area contributed by atoms with Crippen LogP contribution in [0.15, 0.2) is 41.8 Å². The predicted molar refractivity (Wildman–Crippen MR) is 114 cm³/mol. The molecule has 3 N–H and O–H groups in total. The van der Waals surface area contributed by atoms with E-state index in [1.807, 2.05) is 36.6 Å². The van der Waals surface area contributed by atoms with Crippen LogP contribution in [0.4, 0.5) is 11.4 Å². The Morgan fingerprint density at radius 3 is 2.43 bits per heavy atom. The topological polar surface area (TPSA) is 65.9 Å². The molecule has 1 aliphatic rings. The van der Waals surface area contributed by atoms with Crippen LogP contribution in [0.5, 0.6) is 0 Å². The van der Waals surface area contributed by atoms with Crippen LogP contribution < -0.4 is 20.4 Å². The maximum absolute atomic E-state index is 12.4. The summed E-state index contributed by atoms with van der Waals surface area (Å²) in [5.74, 6) is -0.107. The van der Waals surface area contributed by atoms with E-state index >= 15 is 0 Å². The SMILES string of the molecule is CC[NH+](CC(=O)NCc1cccs1)CC(=O)Nc1ccc(N2CCCC2)cc1. The molecule has 1 aromatic carbocycles. The largest absolute Gasteiger partial charge is 0.372 e. The summed E-state index contributed by atoms with van der Waals surface area (Å²) in [6, 6.07) is 12.0. The lowest BCUT2D eigenvalue weighted by atomic mass is 10.2. The number of anilines is 2. The fourth-order valence-electron chi connectivity index (χ4n) is 3.36. The van der Waals surface area contributed by atoms with Gasteiger partial charge in [-0.1, -0.05) is 6.07 Å². The third-order valence-electron chi connectivity index (χ3n) is 4.98. The maximum atomic E-state index is 12.4. The van der Waals surface area contributed by atoms with Gasteiger partial charge in [-0.25, -0.2) is 0 Å². The molecule has 7 heteroatoms. The molecular weight excluding hydrogens is 372 g/mol. The van der Waals surface area contributed by atoms with E-state index in [1.54, 1.807) is 11.3 Å². The van der Waals surface area contributed by atoms with Gasteiger partial charge in [-0.3, -0.25) is 9.59 Å². The first-order valence-corrected chi connectivity index (χ1v) is 10.8. The van der Waals surface area contributed by atoms with Gasteiger partial charge in [-0.2, -0.15) is 0 Å². The predicted octanol–water partition coefficient (Wildman–Crippen LogP) is 1.51. The van der Waals surface area contributed by atoms with Gasteiger partial charge in [0.2, 0.25) is 0 Å². The quantitative estimate of drug-likeness (QED) is 0.597. The van der Waals surface area contributed by atoms with Gasteiger partial charge in [0.15, 0.2) is 13.1 Å². The van der Waals surface area contributed by atoms with Gasteiger partial charge < -0.3 is 20.4 Å². The van der Waals surface area contributed by atoms with Crippen molar-refractivity contribution in [3.63, 3.8) is 0 Å². The van der Waals surface area contributed by atoms with Crippen LogP contribution in [-0.4, -0.2) is 44.5 Å². The van der Waals surface area contributed by atoms with Crippen molar-refractivity contribution in [3.05, 3.63) is 46.7 Å². The number of carbonyl (C=O) groups is 2. The fourth-order valence-corrected chi connectivity index (χ4v) is 4.01. The Balaban J connectivity index is 1.43. The van der Waals surface area contributed by atoms with E-state index < -0.39 is 0 Å². The molecule has 2 heterocycles. The van der Waals surface area contributed by atoms with E-state index in [9.17, 15) is 9.59 Å². The molecule has 2 aromatic rings. The molecule has 0 radical (unpaired) electrons. The zero-order chi connectivity index (χ0) is 19.8. The van der Waals surface area contributed by atoms with E-state index in [4.69, 9.17) is 0 Å². The monoisotopic (exact) mass is 401 g/mol. The molecular formula is C21H29N4O2S+. The summed E-state index contributed by atoms with van der Waals surface area (Å²) in [5, 5.41) is 7.86. The second kappa shape index (κ2) is 10.2. The molecule has 6 nitrogen and oxygen atoms in total. The van der Waals surface area contributed by atoms with Gasteiger partial charge in [0, 0.05) is 29.3 Å². The Morgan fingerprint density at radius 2 is 1.79 bits per heavy atom. The highest BCUT2D eigenvalue weighted by Gasteiger charge is 2.17. The number of hydrogen-bond acceptors (Lipinski definition) is 4. The molecule has 1 atom stereocenters. The number of nitrogens with zero attached hydrogens (tertiary/aromatic N) is 1. The van der Waals surface area contributed by atoms with E-state index in [-0.39, 0.29) is 18.4 Å². The standard InChI is InChI=1S/C21H28N4O2S/c1-2-24(15-20(26)22-14-19-6-5-13-28-19)16-21(27)23-17-7-9-18(10-8-17)25-11-3-4-12-25/h5-10,13H,2-4,11-12,14-16H2,1H3,(H,22,26)(H,23,27)/p+1. The Kier molecular flexibility index (Phi) is 7.45. The molecule has 3 rings (SSSR count). The summed E-state index contributed by atoms with van der Waals surface area (Å²) >= 11 is 1.62. The molecule has 1 unspecified atom stereocenters. The van der Waals surface area contributed by atoms with Crippen LogP contribution in [0.2, 0.25) is 0 Å². The van der Waals surface area contributed by atoms with E-state index in [1.165, 1.54) is 18.5 Å². The Labute approximate surface area is 170 Å². The zero-order valence-corrected chi connectivity index (χ0v) is 17.2. The van der Waals surface area contributed by atoms with Crippen molar-refractivity contribution in [2.24, 2.45) is 0 Å². The molecule has 150 valence electrons. The lowest BCUT2D eigenvalue weighted by Crippen LogP contribution is -3.13. The third kappa shape index (κ3) is 6.07. The summed E-state index contributed by atoms with van der Waals surface area (Å²) in [7, 11) is 0. The van der Waals surface area contributed by atoms with Crippen molar-refractivity contribution in [2.75, 3.05) is 42.9 Å². The molecule has 1 aliphatic heterocycles. The molecule has 0 spiro atoms. The second-order valence-electron chi connectivity index (χ2n) is 7.10. The van der Waals surface area contributed by atoms with E-state index in [0.29, 0.717) is 19.6 Å². The highest BCUT2D eigenvalue weighted by Crippen LogP contribution is 2.21. The van der Waals surface area contributed by atoms with Gasteiger partial charge in [0.25, 0.3) is 11.8 Å². The first kappa shape index (κ1) is 20.4. The average Bonchev–Trinajstić information content (AvgIpc) is 3.40. The van der Waals surface area contributed by atoms with Gasteiger partial charge in [0.1, 0.15) is 0 Å². The number of carbonyl (C=O) groups excluding carboxylic acids is 2. The number of likely N-dealkylation sites (N-methyl/N-ethyl adjacent to an activating group) is 1. The summed E-state index contributed by atoms with van der Waals surface area (Å²) in [6.07, 6.45) is 2.49. The van der Waals surface area contributed by atoms with Crippen LogP contribution >= 0.6 is 11.3 Å². The number of hydrogen-bond donors (Lipinski definition) is 3. The zero-order valence-electron chi connectivity index (χ0n) is 16.4. The first-order valence-electron chi connectivity index (χ1n) is 9.91. The highest BCUT2D eigenvalue weighted by molar-refractivity contribution is 7.09. The minimum Gasteiger partial charge on any atom is -0.372 e. The molecule has 0 aliphatic carbocycles. The van der Waals surface area contributed by atoms with Gasteiger partial charge in [0.05, 0.1) is 13.1 Å². The van der Waals surface area contributed by atoms with Crippen molar-refractivity contribution in [1.29, 1.82) is 0 Å². The Bertz CT molecular complexity index is 755. The molecule has 0 saturated carbocycles. The second-order valence-corrected chi connectivity index (χ2v) is 8.13. The number of quaternary nitrogens is 1. The van der Waals surface area contributed by atoms with Crippen LogP contribution in [0.1, 0.15) is 24.6 Å². The van der Waals surface area contributed by atoms with Gasteiger partial charge >= 0.3 is 0 Å². The Hall–Kier alpha value is -2.38.